The van der Waals surface area contributed by atoms with Crippen molar-refractivity contribution < 1.29 is 0 Å². The van der Waals surface area contributed by atoms with E-state index in [0.29, 0.717) is 12.0 Å². The van der Waals surface area contributed by atoms with Gasteiger partial charge in [-0.3, -0.25) is 0 Å². The van der Waals surface area contributed by atoms with Gasteiger partial charge < -0.3 is 5.32 Å². The van der Waals surface area contributed by atoms with Crippen molar-refractivity contribution in [1.82, 2.24) is 5.32 Å². The smallest absolute Gasteiger partial charge is 0.0105 e. The first-order chi connectivity index (χ1) is 9.79. The van der Waals surface area contributed by atoms with Crippen molar-refractivity contribution in [2.75, 3.05) is 6.54 Å². The Morgan fingerprint density at radius 2 is 1.50 bits per heavy atom. The molecule has 1 nitrogen and oxygen atoms in total. The monoisotopic (exact) mass is 267 g/mol. The standard InChI is InChI=1S/C19H25N/c1-3-19(14-17-10-6-4-7-11-17)20-15-16(2)18-12-8-5-9-13-18/h4-13,16,19-20H,3,14-15H2,1-2H3. The molecular weight excluding hydrogens is 242 g/mol. The zero-order valence-electron chi connectivity index (χ0n) is 12.5. The van der Waals surface area contributed by atoms with Crippen LogP contribution >= 0.6 is 0 Å². The van der Waals surface area contributed by atoms with E-state index < -0.39 is 0 Å². The first-order valence-corrected chi connectivity index (χ1v) is 7.62. The largest absolute Gasteiger partial charge is 0.313 e. The highest BCUT2D eigenvalue weighted by Crippen LogP contribution is 2.14. The molecular formula is C19H25N. The molecule has 0 amide bonds. The summed E-state index contributed by atoms with van der Waals surface area (Å²) in [4.78, 5) is 0. The molecule has 0 saturated heterocycles. The second kappa shape index (κ2) is 7.86. The molecule has 0 bridgehead atoms. The lowest BCUT2D eigenvalue weighted by Crippen LogP contribution is -2.33. The van der Waals surface area contributed by atoms with E-state index in [1.165, 1.54) is 11.1 Å². The first kappa shape index (κ1) is 14.8. The Morgan fingerprint density at radius 3 is 2.10 bits per heavy atom. The maximum Gasteiger partial charge on any atom is 0.0105 e. The van der Waals surface area contributed by atoms with E-state index in [4.69, 9.17) is 0 Å². The Labute approximate surface area is 123 Å². The average Bonchev–Trinajstić information content (AvgIpc) is 2.53. The predicted octanol–water partition coefficient (Wildman–Crippen LogP) is 4.40. The molecule has 1 N–H and O–H groups in total. The van der Waals surface area contributed by atoms with Crippen LogP contribution in [0.4, 0.5) is 0 Å². The molecule has 0 aliphatic heterocycles. The maximum absolute atomic E-state index is 3.72. The molecule has 106 valence electrons. The molecule has 1 heteroatoms. The van der Waals surface area contributed by atoms with Gasteiger partial charge in [-0.05, 0) is 29.9 Å². The van der Waals surface area contributed by atoms with Gasteiger partial charge in [-0.15, -0.1) is 0 Å². The highest BCUT2D eigenvalue weighted by Gasteiger charge is 2.10. The zero-order valence-corrected chi connectivity index (χ0v) is 12.5. The topological polar surface area (TPSA) is 12.0 Å². The second-order valence-electron chi connectivity index (χ2n) is 5.51. The van der Waals surface area contributed by atoms with Crippen molar-refractivity contribution in [3.05, 3.63) is 71.8 Å². The summed E-state index contributed by atoms with van der Waals surface area (Å²) >= 11 is 0. The minimum atomic E-state index is 0.557. The third-order valence-corrected chi connectivity index (χ3v) is 3.90. The Kier molecular flexibility index (Phi) is 5.82. The lowest BCUT2D eigenvalue weighted by molar-refractivity contribution is 0.475. The molecule has 0 aromatic heterocycles. The highest BCUT2D eigenvalue weighted by molar-refractivity contribution is 5.19. The van der Waals surface area contributed by atoms with Crippen molar-refractivity contribution in [2.24, 2.45) is 0 Å². The summed E-state index contributed by atoms with van der Waals surface area (Å²) in [5.41, 5.74) is 2.83. The van der Waals surface area contributed by atoms with E-state index >= 15 is 0 Å². The van der Waals surface area contributed by atoms with Crippen molar-refractivity contribution in [1.29, 1.82) is 0 Å². The van der Waals surface area contributed by atoms with Gasteiger partial charge in [0.25, 0.3) is 0 Å². The summed E-state index contributed by atoms with van der Waals surface area (Å²) in [5, 5.41) is 3.72. The zero-order chi connectivity index (χ0) is 14.2. The van der Waals surface area contributed by atoms with E-state index in [9.17, 15) is 0 Å². The Bertz CT molecular complexity index is 478. The molecule has 0 aliphatic carbocycles. The van der Waals surface area contributed by atoms with Gasteiger partial charge in [0, 0.05) is 12.6 Å². The number of rotatable bonds is 7. The van der Waals surface area contributed by atoms with E-state index in [1.54, 1.807) is 0 Å². The van der Waals surface area contributed by atoms with Crippen LogP contribution < -0.4 is 5.32 Å². The van der Waals surface area contributed by atoms with Gasteiger partial charge in [0.2, 0.25) is 0 Å². The van der Waals surface area contributed by atoms with Crippen molar-refractivity contribution >= 4 is 0 Å². The van der Waals surface area contributed by atoms with Gasteiger partial charge in [0.05, 0.1) is 0 Å². The molecule has 2 unspecified atom stereocenters. The molecule has 0 radical (unpaired) electrons. The van der Waals surface area contributed by atoms with E-state index in [2.05, 4.69) is 79.8 Å². The van der Waals surface area contributed by atoms with Crippen LogP contribution in [0.15, 0.2) is 60.7 Å². The maximum atomic E-state index is 3.72. The van der Waals surface area contributed by atoms with Gasteiger partial charge in [-0.1, -0.05) is 74.5 Å². The Morgan fingerprint density at radius 1 is 0.900 bits per heavy atom. The molecule has 0 spiro atoms. The van der Waals surface area contributed by atoms with E-state index in [1.807, 2.05) is 0 Å². The summed E-state index contributed by atoms with van der Waals surface area (Å²) in [7, 11) is 0. The molecule has 20 heavy (non-hydrogen) atoms. The molecule has 2 aromatic rings. The average molecular weight is 267 g/mol. The van der Waals surface area contributed by atoms with Gasteiger partial charge in [-0.2, -0.15) is 0 Å². The van der Waals surface area contributed by atoms with Crippen LogP contribution in [-0.2, 0) is 6.42 Å². The van der Waals surface area contributed by atoms with Crippen LogP contribution in [-0.4, -0.2) is 12.6 Å². The van der Waals surface area contributed by atoms with Crippen LogP contribution in [0.1, 0.15) is 37.3 Å². The quantitative estimate of drug-likeness (QED) is 0.784. The summed E-state index contributed by atoms with van der Waals surface area (Å²) < 4.78 is 0. The van der Waals surface area contributed by atoms with Gasteiger partial charge in [0.1, 0.15) is 0 Å². The first-order valence-electron chi connectivity index (χ1n) is 7.62. The lowest BCUT2D eigenvalue weighted by atomic mass is 9.99. The molecule has 2 atom stereocenters. The van der Waals surface area contributed by atoms with Crippen LogP contribution in [0.25, 0.3) is 0 Å². The lowest BCUT2D eigenvalue weighted by Gasteiger charge is -2.20. The summed E-state index contributed by atoms with van der Waals surface area (Å²) in [5.74, 6) is 0.557. The number of hydrogen-bond acceptors (Lipinski definition) is 1. The minimum Gasteiger partial charge on any atom is -0.313 e. The number of benzene rings is 2. The molecule has 0 saturated carbocycles. The van der Waals surface area contributed by atoms with Crippen LogP contribution in [0.5, 0.6) is 0 Å². The molecule has 2 aromatic carbocycles. The molecule has 0 fully saturated rings. The third-order valence-electron chi connectivity index (χ3n) is 3.90. The van der Waals surface area contributed by atoms with Crippen molar-refractivity contribution in [2.45, 2.75) is 38.6 Å². The van der Waals surface area contributed by atoms with Gasteiger partial charge in [0.15, 0.2) is 0 Å². The number of hydrogen-bond donors (Lipinski definition) is 1. The molecule has 2 rings (SSSR count). The van der Waals surface area contributed by atoms with E-state index in [0.717, 1.165) is 19.4 Å². The Hall–Kier alpha value is -1.60. The van der Waals surface area contributed by atoms with Crippen molar-refractivity contribution in [3.8, 4) is 0 Å². The summed E-state index contributed by atoms with van der Waals surface area (Å²) in [6, 6.07) is 22.0. The van der Waals surface area contributed by atoms with Crippen LogP contribution in [0.3, 0.4) is 0 Å². The molecule has 0 heterocycles. The fraction of sp³-hybridized carbons (Fsp3) is 0.368. The summed E-state index contributed by atoms with van der Waals surface area (Å²) in [6.45, 7) is 5.58. The fourth-order valence-electron chi connectivity index (χ4n) is 2.50. The summed E-state index contributed by atoms with van der Waals surface area (Å²) in [6.07, 6.45) is 2.27. The van der Waals surface area contributed by atoms with Crippen LogP contribution in [0, 0.1) is 0 Å². The van der Waals surface area contributed by atoms with E-state index in [-0.39, 0.29) is 0 Å². The Balaban J connectivity index is 1.85. The number of nitrogens with one attached hydrogen (secondary N) is 1. The van der Waals surface area contributed by atoms with Crippen LogP contribution in [0.2, 0.25) is 0 Å². The van der Waals surface area contributed by atoms with Crippen molar-refractivity contribution in [3.63, 3.8) is 0 Å². The highest BCUT2D eigenvalue weighted by atomic mass is 14.9. The fourth-order valence-corrected chi connectivity index (χ4v) is 2.50. The SMILES string of the molecule is CCC(Cc1ccccc1)NCC(C)c1ccccc1. The predicted molar refractivity (Wildman–Crippen MR) is 87.1 cm³/mol. The molecule has 0 aliphatic rings. The normalized spacial score (nSPS) is 13.9. The second-order valence-corrected chi connectivity index (χ2v) is 5.51. The minimum absolute atomic E-state index is 0.557. The van der Waals surface area contributed by atoms with Gasteiger partial charge >= 0.3 is 0 Å². The van der Waals surface area contributed by atoms with Gasteiger partial charge in [-0.25, -0.2) is 0 Å². The third kappa shape index (κ3) is 4.50.